The number of hydrogen-bond acceptors (Lipinski definition) is 4. The molecule has 0 bridgehead atoms. The number of carbonyl (C=O) groups excluding carboxylic acids is 1. The van der Waals surface area contributed by atoms with Gasteiger partial charge in [0.2, 0.25) is 10.0 Å². The van der Waals surface area contributed by atoms with Crippen LogP contribution in [0.25, 0.3) is 0 Å². The molecule has 1 aromatic carbocycles. The summed E-state index contributed by atoms with van der Waals surface area (Å²) in [6.07, 6.45) is 3.72. The lowest BCUT2D eigenvalue weighted by Gasteiger charge is -2.23. The van der Waals surface area contributed by atoms with Gasteiger partial charge >= 0.3 is 0 Å². The zero-order valence-electron chi connectivity index (χ0n) is 12.0. The number of aromatic nitrogens is 2. The second kappa shape index (κ2) is 5.74. The van der Waals surface area contributed by atoms with Crippen molar-refractivity contribution >= 4 is 15.9 Å². The number of H-pyrrole nitrogens is 1. The standard InChI is InChI=1S/C14H15FN4O3S/c15-12-3-2-10(23(16,21)22)6-11(12)14(20)18-9-1-4-13-8(5-9)7-17-19-13/h2-3,6-7,9H,1,4-5H2,(H,17,19)(H,18,20)(H2,16,21,22)/t9-/m1/s1. The number of hydrogen-bond donors (Lipinski definition) is 3. The van der Waals surface area contributed by atoms with Gasteiger partial charge in [-0.1, -0.05) is 0 Å². The van der Waals surface area contributed by atoms with E-state index in [9.17, 15) is 17.6 Å². The molecule has 7 nitrogen and oxygen atoms in total. The van der Waals surface area contributed by atoms with Crippen LogP contribution in [0.5, 0.6) is 0 Å². The fraction of sp³-hybridized carbons (Fsp3) is 0.286. The molecule has 1 aliphatic carbocycles. The fourth-order valence-electron chi connectivity index (χ4n) is 2.66. The van der Waals surface area contributed by atoms with Gasteiger partial charge in [0.1, 0.15) is 5.82 Å². The fourth-order valence-corrected chi connectivity index (χ4v) is 3.20. The first-order chi connectivity index (χ1) is 10.8. The highest BCUT2D eigenvalue weighted by Gasteiger charge is 2.24. The molecule has 1 aliphatic rings. The number of aryl methyl sites for hydroxylation is 1. The van der Waals surface area contributed by atoms with E-state index in [1.54, 1.807) is 6.20 Å². The predicted octanol–water partition coefficient (Wildman–Crippen LogP) is 0.483. The average Bonchev–Trinajstić information content (AvgIpc) is 2.93. The smallest absolute Gasteiger partial charge is 0.254 e. The SMILES string of the molecule is NS(=O)(=O)c1ccc(F)c(C(=O)N[C@@H]2CCc3[nH]ncc3C2)c1. The summed E-state index contributed by atoms with van der Waals surface area (Å²) < 4.78 is 36.5. The van der Waals surface area contributed by atoms with Gasteiger partial charge in [0.05, 0.1) is 16.7 Å². The maximum atomic E-state index is 13.8. The molecule has 3 rings (SSSR count). The lowest BCUT2D eigenvalue weighted by Crippen LogP contribution is -2.39. The molecule has 1 heterocycles. The van der Waals surface area contributed by atoms with Gasteiger partial charge in [-0.05, 0) is 43.0 Å². The van der Waals surface area contributed by atoms with Crippen molar-refractivity contribution in [2.75, 3.05) is 0 Å². The van der Waals surface area contributed by atoms with E-state index < -0.39 is 21.7 Å². The third kappa shape index (κ3) is 3.25. The minimum absolute atomic E-state index is 0.162. The Labute approximate surface area is 132 Å². The number of halogens is 1. The van der Waals surface area contributed by atoms with Crippen LogP contribution in [0.15, 0.2) is 29.3 Å². The first-order valence-electron chi connectivity index (χ1n) is 6.99. The molecule has 0 saturated carbocycles. The van der Waals surface area contributed by atoms with Gasteiger partial charge < -0.3 is 5.32 Å². The zero-order chi connectivity index (χ0) is 16.6. The molecule has 1 aromatic heterocycles. The Morgan fingerprint density at radius 1 is 1.43 bits per heavy atom. The zero-order valence-corrected chi connectivity index (χ0v) is 12.9. The van der Waals surface area contributed by atoms with E-state index in [0.29, 0.717) is 12.8 Å². The van der Waals surface area contributed by atoms with E-state index in [0.717, 1.165) is 35.9 Å². The van der Waals surface area contributed by atoms with Crippen molar-refractivity contribution in [3.05, 3.63) is 47.0 Å². The third-order valence-corrected chi connectivity index (χ3v) is 4.77. The van der Waals surface area contributed by atoms with Crippen LogP contribution in [0.3, 0.4) is 0 Å². The summed E-state index contributed by atoms with van der Waals surface area (Å²) in [4.78, 5) is 12.0. The van der Waals surface area contributed by atoms with E-state index in [2.05, 4.69) is 15.5 Å². The molecule has 0 saturated heterocycles. The number of carbonyl (C=O) groups is 1. The Bertz CT molecular complexity index is 863. The highest BCUT2D eigenvalue weighted by atomic mass is 32.2. The van der Waals surface area contributed by atoms with Gasteiger partial charge in [0, 0.05) is 11.7 Å². The molecule has 0 unspecified atom stereocenters. The maximum Gasteiger partial charge on any atom is 0.254 e. The normalized spacial score (nSPS) is 17.6. The van der Waals surface area contributed by atoms with Gasteiger partial charge in [0.25, 0.3) is 5.91 Å². The first-order valence-corrected chi connectivity index (χ1v) is 8.53. The van der Waals surface area contributed by atoms with Crippen LogP contribution in [-0.4, -0.2) is 30.6 Å². The van der Waals surface area contributed by atoms with E-state index >= 15 is 0 Å². The molecule has 9 heteroatoms. The molecule has 23 heavy (non-hydrogen) atoms. The lowest BCUT2D eigenvalue weighted by molar-refractivity contribution is 0.0929. The van der Waals surface area contributed by atoms with Crippen molar-refractivity contribution in [3.63, 3.8) is 0 Å². The number of benzene rings is 1. The van der Waals surface area contributed by atoms with Crippen molar-refractivity contribution in [1.29, 1.82) is 0 Å². The molecule has 4 N–H and O–H groups in total. The van der Waals surface area contributed by atoms with Gasteiger partial charge in [0.15, 0.2) is 0 Å². The Morgan fingerprint density at radius 2 is 2.22 bits per heavy atom. The number of aromatic amines is 1. The van der Waals surface area contributed by atoms with E-state index in [1.807, 2.05) is 0 Å². The van der Waals surface area contributed by atoms with Crippen molar-refractivity contribution < 1.29 is 17.6 Å². The lowest BCUT2D eigenvalue weighted by atomic mass is 9.93. The number of nitrogens with one attached hydrogen (secondary N) is 2. The molecule has 1 atom stereocenters. The van der Waals surface area contributed by atoms with E-state index in [1.165, 1.54) is 0 Å². The number of nitrogens with zero attached hydrogens (tertiary/aromatic N) is 1. The van der Waals surface area contributed by atoms with Crippen LogP contribution < -0.4 is 10.5 Å². The molecule has 0 aliphatic heterocycles. The summed E-state index contributed by atoms with van der Waals surface area (Å²) in [7, 11) is -4.00. The number of amides is 1. The quantitative estimate of drug-likeness (QED) is 0.754. The number of fused-ring (bicyclic) bond motifs is 1. The molecular formula is C14H15FN4O3S. The largest absolute Gasteiger partial charge is 0.349 e. The summed E-state index contributed by atoms with van der Waals surface area (Å²) in [6, 6.07) is 2.74. The van der Waals surface area contributed by atoms with Crippen LogP contribution in [0, 0.1) is 5.82 Å². The Balaban J connectivity index is 1.79. The summed E-state index contributed by atoms with van der Waals surface area (Å²) in [5.74, 6) is -1.46. The molecule has 1 amide bonds. The van der Waals surface area contributed by atoms with Crippen LogP contribution in [0.2, 0.25) is 0 Å². The van der Waals surface area contributed by atoms with Crippen molar-refractivity contribution in [3.8, 4) is 0 Å². The first kappa shape index (κ1) is 15.6. The van der Waals surface area contributed by atoms with Crippen LogP contribution in [0.1, 0.15) is 28.0 Å². The minimum atomic E-state index is -4.00. The minimum Gasteiger partial charge on any atom is -0.349 e. The summed E-state index contributed by atoms with van der Waals surface area (Å²) in [5, 5.41) is 14.6. The molecular weight excluding hydrogens is 323 g/mol. The molecule has 0 radical (unpaired) electrons. The van der Waals surface area contributed by atoms with E-state index in [4.69, 9.17) is 5.14 Å². The van der Waals surface area contributed by atoms with Crippen LogP contribution >= 0.6 is 0 Å². The second-order valence-electron chi connectivity index (χ2n) is 5.47. The molecule has 122 valence electrons. The Morgan fingerprint density at radius 3 is 2.96 bits per heavy atom. The highest BCUT2D eigenvalue weighted by Crippen LogP contribution is 2.20. The topological polar surface area (TPSA) is 118 Å². The number of sulfonamides is 1. The van der Waals surface area contributed by atoms with Crippen molar-refractivity contribution in [1.82, 2.24) is 15.5 Å². The monoisotopic (exact) mass is 338 g/mol. The Kier molecular flexibility index (Phi) is 3.90. The summed E-state index contributed by atoms with van der Waals surface area (Å²) in [5.41, 5.74) is 1.72. The summed E-state index contributed by atoms with van der Waals surface area (Å²) in [6.45, 7) is 0. The second-order valence-corrected chi connectivity index (χ2v) is 7.04. The predicted molar refractivity (Wildman–Crippen MR) is 79.6 cm³/mol. The highest BCUT2D eigenvalue weighted by molar-refractivity contribution is 7.89. The van der Waals surface area contributed by atoms with Crippen molar-refractivity contribution in [2.45, 2.75) is 30.2 Å². The van der Waals surface area contributed by atoms with Gasteiger partial charge in [-0.15, -0.1) is 0 Å². The van der Waals surface area contributed by atoms with Gasteiger partial charge in [-0.25, -0.2) is 17.9 Å². The van der Waals surface area contributed by atoms with Crippen LogP contribution in [0.4, 0.5) is 4.39 Å². The summed E-state index contributed by atoms with van der Waals surface area (Å²) >= 11 is 0. The Hall–Kier alpha value is -2.26. The number of rotatable bonds is 3. The average molecular weight is 338 g/mol. The molecule has 2 aromatic rings. The third-order valence-electron chi connectivity index (χ3n) is 3.86. The van der Waals surface area contributed by atoms with Crippen molar-refractivity contribution in [2.24, 2.45) is 5.14 Å². The number of nitrogens with two attached hydrogens (primary N) is 1. The molecule has 0 spiro atoms. The number of primary sulfonamides is 1. The maximum absolute atomic E-state index is 13.8. The van der Waals surface area contributed by atoms with Gasteiger partial charge in [-0.2, -0.15) is 5.10 Å². The van der Waals surface area contributed by atoms with E-state index in [-0.39, 0.29) is 16.5 Å². The van der Waals surface area contributed by atoms with Crippen LogP contribution in [-0.2, 0) is 22.9 Å². The van der Waals surface area contributed by atoms with Gasteiger partial charge in [-0.3, -0.25) is 9.89 Å². The molecule has 0 fully saturated rings.